The van der Waals surface area contributed by atoms with Gasteiger partial charge < -0.3 is 10.1 Å². The van der Waals surface area contributed by atoms with Crippen molar-refractivity contribution in [3.8, 4) is 0 Å². The summed E-state index contributed by atoms with van der Waals surface area (Å²) in [7, 11) is 1.52. The second-order valence-corrected chi connectivity index (χ2v) is 4.21. The van der Waals surface area contributed by atoms with Gasteiger partial charge in [0.2, 0.25) is 5.91 Å². The average Bonchev–Trinajstić information content (AvgIpc) is 2.60. The molecular formula is C11H17NO2S. The number of methoxy groups -OCH3 is 1. The second-order valence-electron chi connectivity index (χ2n) is 3.25. The van der Waals surface area contributed by atoms with E-state index in [0.29, 0.717) is 0 Å². The summed E-state index contributed by atoms with van der Waals surface area (Å²) in [4.78, 5) is 12.6. The molecule has 0 atom stereocenters. The molecule has 0 saturated carbocycles. The SMILES string of the molecule is CCc1csc(CC)c1NC(=O)COC. The van der Waals surface area contributed by atoms with E-state index in [1.165, 1.54) is 17.6 Å². The van der Waals surface area contributed by atoms with Crippen molar-refractivity contribution < 1.29 is 9.53 Å². The molecule has 0 bridgehead atoms. The number of hydrogen-bond donors (Lipinski definition) is 1. The lowest BCUT2D eigenvalue weighted by molar-refractivity contribution is -0.119. The standard InChI is InChI=1S/C11H17NO2S/c1-4-8-7-15-9(5-2)11(8)12-10(13)6-14-3/h7H,4-6H2,1-3H3,(H,12,13). The number of thiophene rings is 1. The quantitative estimate of drug-likeness (QED) is 0.839. The van der Waals surface area contributed by atoms with Crippen molar-refractivity contribution in [1.82, 2.24) is 0 Å². The second kappa shape index (κ2) is 5.88. The van der Waals surface area contributed by atoms with Crippen molar-refractivity contribution in [3.05, 3.63) is 15.8 Å². The van der Waals surface area contributed by atoms with Gasteiger partial charge in [0, 0.05) is 12.0 Å². The Morgan fingerprint density at radius 1 is 1.47 bits per heavy atom. The van der Waals surface area contributed by atoms with E-state index in [1.54, 1.807) is 11.3 Å². The van der Waals surface area contributed by atoms with Gasteiger partial charge >= 0.3 is 0 Å². The fourth-order valence-corrected chi connectivity index (χ4v) is 2.45. The number of hydrogen-bond acceptors (Lipinski definition) is 3. The molecule has 0 aliphatic carbocycles. The van der Waals surface area contributed by atoms with Crippen LogP contribution in [0.5, 0.6) is 0 Å². The summed E-state index contributed by atoms with van der Waals surface area (Å²) in [6, 6.07) is 0. The Hall–Kier alpha value is -0.870. The third-order valence-electron chi connectivity index (χ3n) is 2.19. The van der Waals surface area contributed by atoms with Crippen LogP contribution in [0, 0.1) is 0 Å². The van der Waals surface area contributed by atoms with Gasteiger partial charge in [-0.1, -0.05) is 13.8 Å². The normalized spacial score (nSPS) is 10.3. The van der Waals surface area contributed by atoms with Gasteiger partial charge in [0.15, 0.2) is 0 Å². The van der Waals surface area contributed by atoms with E-state index < -0.39 is 0 Å². The number of nitrogens with one attached hydrogen (secondary N) is 1. The van der Waals surface area contributed by atoms with Gasteiger partial charge in [-0.2, -0.15) is 0 Å². The first-order chi connectivity index (χ1) is 7.22. The average molecular weight is 227 g/mol. The van der Waals surface area contributed by atoms with Gasteiger partial charge in [0.05, 0.1) is 5.69 Å². The Morgan fingerprint density at radius 3 is 2.73 bits per heavy atom. The maximum absolute atomic E-state index is 11.4. The molecule has 0 radical (unpaired) electrons. The minimum absolute atomic E-state index is 0.0831. The highest BCUT2D eigenvalue weighted by atomic mass is 32.1. The molecule has 0 unspecified atom stereocenters. The zero-order valence-electron chi connectivity index (χ0n) is 9.42. The first-order valence-corrected chi connectivity index (χ1v) is 5.98. The van der Waals surface area contributed by atoms with E-state index >= 15 is 0 Å². The van der Waals surface area contributed by atoms with Gasteiger partial charge in [0.25, 0.3) is 0 Å². The Bertz CT molecular complexity index is 312. The van der Waals surface area contributed by atoms with Crippen molar-refractivity contribution in [2.75, 3.05) is 19.0 Å². The van der Waals surface area contributed by atoms with Crippen LogP contribution in [0.1, 0.15) is 24.3 Å². The molecule has 0 saturated heterocycles. The highest BCUT2D eigenvalue weighted by Gasteiger charge is 2.11. The van der Waals surface area contributed by atoms with Crippen LogP contribution < -0.4 is 5.32 Å². The van der Waals surface area contributed by atoms with Crippen LogP contribution in [0.15, 0.2) is 5.38 Å². The predicted molar refractivity (Wildman–Crippen MR) is 63.6 cm³/mol. The molecule has 1 N–H and O–H groups in total. The maximum Gasteiger partial charge on any atom is 0.250 e. The lowest BCUT2D eigenvalue weighted by Crippen LogP contribution is -2.18. The van der Waals surface area contributed by atoms with Crippen LogP contribution in [0.3, 0.4) is 0 Å². The highest BCUT2D eigenvalue weighted by molar-refractivity contribution is 7.10. The van der Waals surface area contributed by atoms with Gasteiger partial charge in [0.1, 0.15) is 6.61 Å². The Morgan fingerprint density at radius 2 is 2.20 bits per heavy atom. The minimum Gasteiger partial charge on any atom is -0.375 e. The summed E-state index contributed by atoms with van der Waals surface area (Å²) in [6.07, 6.45) is 1.90. The monoisotopic (exact) mass is 227 g/mol. The van der Waals surface area contributed by atoms with Crippen molar-refractivity contribution >= 4 is 22.9 Å². The molecule has 1 aromatic heterocycles. The minimum atomic E-state index is -0.0831. The zero-order valence-corrected chi connectivity index (χ0v) is 10.2. The molecule has 84 valence electrons. The molecule has 1 heterocycles. The first kappa shape index (κ1) is 12.2. The topological polar surface area (TPSA) is 38.3 Å². The van der Waals surface area contributed by atoms with E-state index in [9.17, 15) is 4.79 Å². The molecule has 3 nitrogen and oxygen atoms in total. The molecule has 0 aliphatic heterocycles. The molecule has 1 amide bonds. The molecule has 1 rings (SSSR count). The largest absolute Gasteiger partial charge is 0.375 e. The summed E-state index contributed by atoms with van der Waals surface area (Å²) >= 11 is 1.71. The van der Waals surface area contributed by atoms with Crippen LogP contribution in [0.4, 0.5) is 5.69 Å². The van der Waals surface area contributed by atoms with Crippen molar-refractivity contribution in [2.24, 2.45) is 0 Å². The van der Waals surface area contributed by atoms with Gasteiger partial charge in [-0.25, -0.2) is 0 Å². The smallest absolute Gasteiger partial charge is 0.250 e. The third kappa shape index (κ3) is 3.04. The Balaban J connectivity index is 2.81. The fourth-order valence-electron chi connectivity index (χ4n) is 1.42. The van der Waals surface area contributed by atoms with Gasteiger partial charge in [-0.05, 0) is 23.8 Å². The van der Waals surface area contributed by atoms with Crippen LogP contribution in [-0.4, -0.2) is 19.6 Å². The van der Waals surface area contributed by atoms with E-state index in [1.807, 2.05) is 0 Å². The van der Waals surface area contributed by atoms with Crippen LogP contribution >= 0.6 is 11.3 Å². The highest BCUT2D eigenvalue weighted by Crippen LogP contribution is 2.29. The number of aryl methyl sites for hydroxylation is 2. The van der Waals surface area contributed by atoms with Gasteiger partial charge in [-0.15, -0.1) is 11.3 Å². The zero-order chi connectivity index (χ0) is 11.3. The van der Waals surface area contributed by atoms with Gasteiger partial charge in [-0.3, -0.25) is 4.79 Å². The van der Waals surface area contributed by atoms with E-state index in [2.05, 4.69) is 24.5 Å². The molecule has 1 aromatic rings. The molecule has 0 aromatic carbocycles. The number of anilines is 1. The van der Waals surface area contributed by atoms with E-state index in [0.717, 1.165) is 18.5 Å². The van der Waals surface area contributed by atoms with Crippen molar-refractivity contribution in [3.63, 3.8) is 0 Å². The Kier molecular flexibility index (Phi) is 4.78. The summed E-state index contributed by atoms with van der Waals surface area (Å²) in [5, 5.41) is 5.02. The number of carbonyl (C=O) groups excluding carboxylic acids is 1. The molecule has 4 heteroatoms. The summed E-state index contributed by atoms with van der Waals surface area (Å²) in [5.74, 6) is -0.0831. The van der Waals surface area contributed by atoms with Crippen LogP contribution in [-0.2, 0) is 22.4 Å². The maximum atomic E-state index is 11.4. The van der Waals surface area contributed by atoms with Crippen LogP contribution in [0.25, 0.3) is 0 Å². The molecule has 0 fully saturated rings. The molecular weight excluding hydrogens is 210 g/mol. The summed E-state index contributed by atoms with van der Waals surface area (Å²) in [6.45, 7) is 4.30. The van der Waals surface area contributed by atoms with E-state index in [4.69, 9.17) is 4.74 Å². The van der Waals surface area contributed by atoms with Crippen LogP contribution in [0.2, 0.25) is 0 Å². The Labute approximate surface area is 94.5 Å². The van der Waals surface area contributed by atoms with Crippen molar-refractivity contribution in [1.29, 1.82) is 0 Å². The number of ether oxygens (including phenoxy) is 1. The lowest BCUT2D eigenvalue weighted by atomic mass is 10.2. The molecule has 0 aliphatic rings. The molecule has 15 heavy (non-hydrogen) atoms. The number of rotatable bonds is 5. The van der Waals surface area contributed by atoms with Crippen molar-refractivity contribution in [2.45, 2.75) is 26.7 Å². The number of amides is 1. The summed E-state index contributed by atoms with van der Waals surface area (Å²) < 4.78 is 4.79. The first-order valence-electron chi connectivity index (χ1n) is 5.10. The molecule has 0 spiro atoms. The van der Waals surface area contributed by atoms with E-state index in [-0.39, 0.29) is 12.5 Å². The summed E-state index contributed by atoms with van der Waals surface area (Å²) in [5.41, 5.74) is 2.20. The number of carbonyl (C=O) groups is 1. The fraction of sp³-hybridized carbons (Fsp3) is 0.545. The predicted octanol–water partition coefficient (Wildman–Crippen LogP) is 2.46. The lowest BCUT2D eigenvalue weighted by Gasteiger charge is -2.07. The third-order valence-corrected chi connectivity index (χ3v) is 3.36.